The van der Waals surface area contributed by atoms with E-state index in [0.717, 1.165) is 35.0 Å². The van der Waals surface area contributed by atoms with Gasteiger partial charge in [-0.15, -0.1) is 11.3 Å². The van der Waals surface area contributed by atoms with Crippen LogP contribution in [0.1, 0.15) is 22.0 Å². The number of nitrogens with one attached hydrogen (secondary N) is 1. The van der Waals surface area contributed by atoms with Gasteiger partial charge in [-0.1, -0.05) is 6.07 Å². The zero-order valence-electron chi connectivity index (χ0n) is 12.6. The van der Waals surface area contributed by atoms with Gasteiger partial charge in [0.15, 0.2) is 10.9 Å². The van der Waals surface area contributed by atoms with Crippen LogP contribution in [0.15, 0.2) is 40.3 Å². The van der Waals surface area contributed by atoms with Crippen molar-refractivity contribution in [2.24, 2.45) is 5.73 Å². The van der Waals surface area contributed by atoms with Gasteiger partial charge in [-0.3, -0.25) is 9.78 Å². The lowest BCUT2D eigenvalue weighted by Crippen LogP contribution is -2.09. The highest BCUT2D eigenvalue weighted by atomic mass is 32.1. The van der Waals surface area contributed by atoms with E-state index in [9.17, 15) is 4.79 Å². The van der Waals surface area contributed by atoms with Crippen LogP contribution in [-0.2, 0) is 6.42 Å². The number of rotatable bonds is 6. The number of furan rings is 1. The number of aromatic nitrogens is 2. The number of carbonyl (C=O) groups excluding carboxylic acids is 1. The van der Waals surface area contributed by atoms with Gasteiger partial charge < -0.3 is 15.5 Å². The summed E-state index contributed by atoms with van der Waals surface area (Å²) in [5.41, 5.74) is 7.82. The summed E-state index contributed by atoms with van der Waals surface area (Å²) in [5, 5.41) is 6.02. The number of anilines is 1. The average molecular weight is 328 g/mol. The molecule has 0 fully saturated rings. The molecule has 0 aliphatic heterocycles. The molecule has 0 bridgehead atoms. The first-order valence-corrected chi connectivity index (χ1v) is 8.01. The van der Waals surface area contributed by atoms with Crippen molar-refractivity contribution in [3.63, 3.8) is 0 Å². The van der Waals surface area contributed by atoms with Crippen LogP contribution in [0.5, 0.6) is 0 Å². The number of aryl methyl sites for hydroxylation is 1. The Labute approximate surface area is 137 Å². The van der Waals surface area contributed by atoms with Gasteiger partial charge in [0, 0.05) is 35.8 Å². The molecule has 23 heavy (non-hydrogen) atoms. The molecule has 0 aliphatic rings. The van der Waals surface area contributed by atoms with E-state index in [1.54, 1.807) is 19.2 Å². The molecule has 6 nitrogen and oxygen atoms in total. The molecule has 0 unspecified atom stereocenters. The highest BCUT2D eigenvalue weighted by Gasteiger charge is 2.15. The lowest BCUT2D eigenvalue weighted by Gasteiger charge is -2.01. The Hall–Kier alpha value is -2.67. The molecule has 7 heteroatoms. The van der Waals surface area contributed by atoms with E-state index in [2.05, 4.69) is 15.3 Å². The van der Waals surface area contributed by atoms with Crippen molar-refractivity contribution in [1.82, 2.24) is 9.97 Å². The van der Waals surface area contributed by atoms with Crippen LogP contribution < -0.4 is 11.1 Å². The van der Waals surface area contributed by atoms with E-state index < -0.39 is 5.91 Å². The maximum Gasteiger partial charge on any atom is 0.284 e. The predicted octanol–water partition coefficient (Wildman–Crippen LogP) is 2.86. The molecular weight excluding hydrogens is 312 g/mol. The molecule has 0 atom stereocenters. The highest BCUT2D eigenvalue weighted by molar-refractivity contribution is 7.14. The number of nitrogens with two attached hydrogens (primary N) is 1. The summed E-state index contributed by atoms with van der Waals surface area (Å²) in [4.78, 5) is 20.0. The predicted molar refractivity (Wildman–Crippen MR) is 89.5 cm³/mol. The average Bonchev–Trinajstić information content (AvgIpc) is 3.15. The van der Waals surface area contributed by atoms with Crippen molar-refractivity contribution in [3.8, 4) is 11.3 Å². The third-order valence-electron chi connectivity index (χ3n) is 3.32. The standard InChI is InChI=1S/C16H16N4O2S/c1-10-12(8-14(22-10)15(17)21)13-9-23-16(20-13)19-7-5-11-4-2-3-6-18-11/h2-4,6,8-9H,5,7H2,1H3,(H2,17,21)(H,19,20). The van der Waals surface area contributed by atoms with Gasteiger partial charge in [-0.05, 0) is 25.1 Å². The van der Waals surface area contributed by atoms with Crippen molar-refractivity contribution in [3.05, 3.63) is 53.1 Å². The number of pyridine rings is 1. The number of carbonyl (C=O) groups is 1. The van der Waals surface area contributed by atoms with E-state index in [-0.39, 0.29) is 5.76 Å². The Morgan fingerprint density at radius 2 is 2.30 bits per heavy atom. The minimum Gasteiger partial charge on any atom is -0.456 e. The first-order chi connectivity index (χ1) is 11.1. The van der Waals surface area contributed by atoms with Crippen LogP contribution >= 0.6 is 11.3 Å². The summed E-state index contributed by atoms with van der Waals surface area (Å²) in [6.45, 7) is 2.54. The van der Waals surface area contributed by atoms with Crippen molar-refractivity contribution >= 4 is 22.4 Å². The molecule has 0 saturated heterocycles. The number of hydrogen-bond donors (Lipinski definition) is 2. The maximum atomic E-state index is 11.2. The highest BCUT2D eigenvalue weighted by Crippen LogP contribution is 2.29. The summed E-state index contributed by atoms with van der Waals surface area (Å²) in [7, 11) is 0. The van der Waals surface area contributed by atoms with E-state index >= 15 is 0 Å². The van der Waals surface area contributed by atoms with Crippen LogP contribution in [-0.4, -0.2) is 22.4 Å². The fourth-order valence-electron chi connectivity index (χ4n) is 2.18. The molecule has 0 spiro atoms. The fraction of sp³-hybridized carbons (Fsp3) is 0.188. The second-order valence-electron chi connectivity index (χ2n) is 4.98. The Balaban J connectivity index is 1.65. The molecule has 3 aromatic rings. The summed E-state index contributed by atoms with van der Waals surface area (Å²) in [6, 6.07) is 7.50. The molecular formula is C16H16N4O2S. The SMILES string of the molecule is Cc1oc(C(N)=O)cc1-c1csc(NCCc2ccccn2)n1. The Morgan fingerprint density at radius 1 is 1.43 bits per heavy atom. The summed E-state index contributed by atoms with van der Waals surface area (Å²) < 4.78 is 5.34. The second-order valence-corrected chi connectivity index (χ2v) is 5.84. The van der Waals surface area contributed by atoms with E-state index in [4.69, 9.17) is 10.2 Å². The van der Waals surface area contributed by atoms with Crippen molar-refractivity contribution in [2.45, 2.75) is 13.3 Å². The number of amides is 1. The Bertz CT molecular complexity index is 811. The molecule has 3 N–H and O–H groups in total. The van der Waals surface area contributed by atoms with Gasteiger partial charge in [0.05, 0.1) is 5.69 Å². The summed E-state index contributed by atoms with van der Waals surface area (Å²) >= 11 is 1.51. The Kier molecular flexibility index (Phi) is 4.38. The van der Waals surface area contributed by atoms with Crippen LogP contribution in [0.2, 0.25) is 0 Å². The molecule has 0 aliphatic carbocycles. The molecule has 3 rings (SSSR count). The molecule has 0 saturated carbocycles. The lowest BCUT2D eigenvalue weighted by atomic mass is 10.2. The van der Waals surface area contributed by atoms with Crippen LogP contribution in [0, 0.1) is 6.92 Å². The number of primary amides is 1. The monoisotopic (exact) mass is 328 g/mol. The van der Waals surface area contributed by atoms with E-state index in [0.29, 0.717) is 5.76 Å². The van der Waals surface area contributed by atoms with Crippen molar-refractivity contribution < 1.29 is 9.21 Å². The summed E-state index contributed by atoms with van der Waals surface area (Å²) in [6.07, 6.45) is 2.61. The third kappa shape index (κ3) is 3.57. The molecule has 3 aromatic heterocycles. The van der Waals surface area contributed by atoms with Gasteiger partial charge in [0.1, 0.15) is 5.76 Å². The van der Waals surface area contributed by atoms with E-state index in [1.165, 1.54) is 11.3 Å². The smallest absolute Gasteiger partial charge is 0.284 e. The van der Waals surface area contributed by atoms with Gasteiger partial charge >= 0.3 is 0 Å². The van der Waals surface area contributed by atoms with E-state index in [1.807, 2.05) is 23.6 Å². The Morgan fingerprint density at radius 3 is 3.00 bits per heavy atom. The minimum atomic E-state index is -0.580. The zero-order valence-corrected chi connectivity index (χ0v) is 13.4. The van der Waals surface area contributed by atoms with Crippen LogP contribution in [0.25, 0.3) is 11.3 Å². The third-order valence-corrected chi connectivity index (χ3v) is 4.12. The summed E-state index contributed by atoms with van der Waals surface area (Å²) in [5.74, 6) is 0.197. The second kappa shape index (κ2) is 6.62. The van der Waals surface area contributed by atoms with Crippen LogP contribution in [0.4, 0.5) is 5.13 Å². The topological polar surface area (TPSA) is 94.0 Å². The van der Waals surface area contributed by atoms with Gasteiger partial charge in [-0.25, -0.2) is 4.98 Å². The normalized spacial score (nSPS) is 10.7. The maximum absolute atomic E-state index is 11.2. The first kappa shape index (κ1) is 15.2. The molecule has 118 valence electrons. The molecule has 3 heterocycles. The van der Waals surface area contributed by atoms with Crippen LogP contribution in [0.3, 0.4) is 0 Å². The largest absolute Gasteiger partial charge is 0.456 e. The zero-order chi connectivity index (χ0) is 16.2. The van der Waals surface area contributed by atoms with Crippen molar-refractivity contribution in [2.75, 3.05) is 11.9 Å². The first-order valence-electron chi connectivity index (χ1n) is 7.13. The fourth-order valence-corrected chi connectivity index (χ4v) is 2.92. The minimum absolute atomic E-state index is 0.148. The van der Waals surface area contributed by atoms with Crippen molar-refractivity contribution in [1.29, 1.82) is 0 Å². The van der Waals surface area contributed by atoms with Gasteiger partial charge in [-0.2, -0.15) is 0 Å². The lowest BCUT2D eigenvalue weighted by molar-refractivity contribution is 0.0972. The molecule has 0 radical (unpaired) electrons. The van der Waals surface area contributed by atoms with Gasteiger partial charge in [0.2, 0.25) is 0 Å². The number of thiazole rings is 1. The quantitative estimate of drug-likeness (QED) is 0.725. The molecule has 0 aromatic carbocycles. The number of nitrogens with zero attached hydrogens (tertiary/aromatic N) is 2. The number of hydrogen-bond acceptors (Lipinski definition) is 6. The van der Waals surface area contributed by atoms with Gasteiger partial charge in [0.25, 0.3) is 5.91 Å². The molecule has 1 amide bonds.